The standard InChI is InChI=1S/C33H38N2O12S2/c1-40-26-11-9-22(16-30(26)44-5)48(36,37)34-24-18-32(46-7)28(42-3)14-20(24)13-21-15-29(43-4)33(47-8)19-25(21)35-49(38,39)23-10-12-27(41-2)31(17-23)45-6/h9-12,14-19,34-35H,13H2,1-8H3. The zero-order valence-corrected chi connectivity index (χ0v) is 29.8. The van der Waals surface area contributed by atoms with Gasteiger partial charge in [0.2, 0.25) is 0 Å². The Balaban J connectivity index is 1.85. The number of hydrogen-bond acceptors (Lipinski definition) is 12. The molecule has 0 spiro atoms. The van der Waals surface area contributed by atoms with Gasteiger partial charge in [-0.2, -0.15) is 0 Å². The number of benzene rings is 4. The highest BCUT2D eigenvalue weighted by molar-refractivity contribution is 7.93. The molecule has 0 aliphatic rings. The highest BCUT2D eigenvalue weighted by Gasteiger charge is 2.24. The molecule has 2 N–H and O–H groups in total. The van der Waals surface area contributed by atoms with Crippen molar-refractivity contribution in [3.05, 3.63) is 71.8 Å². The van der Waals surface area contributed by atoms with Crippen LogP contribution in [0.1, 0.15) is 11.1 Å². The Hall–Kier alpha value is -5.22. The maximum absolute atomic E-state index is 13.7. The molecule has 0 aliphatic heterocycles. The molecule has 264 valence electrons. The lowest BCUT2D eigenvalue weighted by Crippen LogP contribution is -2.16. The lowest BCUT2D eigenvalue weighted by atomic mass is 10.0. The lowest BCUT2D eigenvalue weighted by Gasteiger charge is -2.20. The average Bonchev–Trinajstić information content (AvgIpc) is 3.11. The Morgan fingerprint density at radius 3 is 1.00 bits per heavy atom. The van der Waals surface area contributed by atoms with Crippen molar-refractivity contribution in [2.45, 2.75) is 16.2 Å². The predicted octanol–water partition coefficient (Wildman–Crippen LogP) is 4.95. The Bertz CT molecular complexity index is 1890. The number of ether oxygens (including phenoxy) is 8. The smallest absolute Gasteiger partial charge is 0.262 e. The number of nitrogens with one attached hydrogen (secondary N) is 2. The van der Waals surface area contributed by atoms with Crippen LogP contribution in [0.25, 0.3) is 0 Å². The maximum Gasteiger partial charge on any atom is 0.262 e. The molecule has 0 fully saturated rings. The zero-order valence-electron chi connectivity index (χ0n) is 28.2. The van der Waals surface area contributed by atoms with Crippen molar-refractivity contribution >= 4 is 31.4 Å². The summed E-state index contributed by atoms with van der Waals surface area (Å²) in [5, 5.41) is 0. The molecule has 0 unspecified atom stereocenters. The topological polar surface area (TPSA) is 166 Å². The van der Waals surface area contributed by atoms with E-state index in [4.69, 9.17) is 37.9 Å². The van der Waals surface area contributed by atoms with Gasteiger partial charge >= 0.3 is 0 Å². The first-order chi connectivity index (χ1) is 23.4. The molecule has 0 saturated carbocycles. The molecule has 0 atom stereocenters. The second kappa shape index (κ2) is 15.3. The van der Waals surface area contributed by atoms with Crippen molar-refractivity contribution in [2.24, 2.45) is 0 Å². The Morgan fingerprint density at radius 2 is 0.694 bits per heavy atom. The van der Waals surface area contributed by atoms with E-state index < -0.39 is 20.0 Å². The van der Waals surface area contributed by atoms with Gasteiger partial charge in [-0.25, -0.2) is 16.8 Å². The summed E-state index contributed by atoms with van der Waals surface area (Å²) in [4.78, 5) is -0.194. The van der Waals surface area contributed by atoms with E-state index >= 15 is 0 Å². The first kappa shape index (κ1) is 36.6. The molecule has 4 aromatic carbocycles. The molecule has 0 aromatic heterocycles. The minimum absolute atomic E-state index is 0.0196. The summed E-state index contributed by atoms with van der Waals surface area (Å²) >= 11 is 0. The molecule has 4 rings (SSSR count). The van der Waals surface area contributed by atoms with Gasteiger partial charge in [0, 0.05) is 30.7 Å². The third kappa shape index (κ3) is 7.92. The fourth-order valence-electron chi connectivity index (χ4n) is 4.90. The molecular weight excluding hydrogens is 680 g/mol. The van der Waals surface area contributed by atoms with Gasteiger partial charge in [0.15, 0.2) is 46.0 Å². The van der Waals surface area contributed by atoms with E-state index in [1.165, 1.54) is 105 Å². The van der Waals surface area contributed by atoms with E-state index in [2.05, 4.69) is 9.44 Å². The van der Waals surface area contributed by atoms with Crippen LogP contribution in [-0.4, -0.2) is 73.7 Å². The van der Waals surface area contributed by atoms with Gasteiger partial charge in [-0.15, -0.1) is 0 Å². The van der Waals surface area contributed by atoms with Gasteiger partial charge in [0.25, 0.3) is 20.0 Å². The van der Waals surface area contributed by atoms with E-state index in [0.717, 1.165) is 0 Å². The third-order valence-electron chi connectivity index (χ3n) is 7.42. The number of methoxy groups -OCH3 is 8. The first-order valence-electron chi connectivity index (χ1n) is 14.4. The monoisotopic (exact) mass is 718 g/mol. The van der Waals surface area contributed by atoms with E-state index in [1.54, 1.807) is 12.1 Å². The Morgan fingerprint density at radius 1 is 0.408 bits per heavy atom. The summed E-state index contributed by atoms with van der Waals surface area (Å²) in [5.41, 5.74) is 1.08. The summed E-state index contributed by atoms with van der Waals surface area (Å²) < 4.78 is 103. The maximum atomic E-state index is 13.7. The van der Waals surface area contributed by atoms with Crippen LogP contribution in [-0.2, 0) is 26.5 Å². The van der Waals surface area contributed by atoms with Crippen molar-refractivity contribution in [3.8, 4) is 46.0 Å². The van der Waals surface area contributed by atoms with Crippen LogP contribution in [0.5, 0.6) is 46.0 Å². The molecular formula is C33H38N2O12S2. The van der Waals surface area contributed by atoms with Crippen LogP contribution < -0.4 is 47.3 Å². The molecule has 0 radical (unpaired) electrons. The molecule has 0 aliphatic carbocycles. The minimum atomic E-state index is -4.20. The average molecular weight is 719 g/mol. The molecule has 4 aromatic rings. The van der Waals surface area contributed by atoms with Crippen LogP contribution in [0.15, 0.2) is 70.5 Å². The fourth-order valence-corrected chi connectivity index (χ4v) is 7.12. The zero-order chi connectivity index (χ0) is 35.9. The van der Waals surface area contributed by atoms with E-state index in [9.17, 15) is 16.8 Å². The van der Waals surface area contributed by atoms with E-state index in [0.29, 0.717) is 34.1 Å². The van der Waals surface area contributed by atoms with Crippen molar-refractivity contribution in [1.82, 2.24) is 0 Å². The fraction of sp³-hybridized carbons (Fsp3) is 0.273. The predicted molar refractivity (Wildman–Crippen MR) is 183 cm³/mol. The second-order valence-corrected chi connectivity index (χ2v) is 13.5. The van der Waals surface area contributed by atoms with Crippen LogP contribution in [0.4, 0.5) is 11.4 Å². The van der Waals surface area contributed by atoms with Crippen LogP contribution in [0.3, 0.4) is 0 Å². The van der Waals surface area contributed by atoms with Crippen molar-refractivity contribution in [1.29, 1.82) is 0 Å². The molecule has 0 heterocycles. The molecule has 0 amide bonds. The lowest BCUT2D eigenvalue weighted by molar-refractivity contribution is 0.354. The van der Waals surface area contributed by atoms with Crippen molar-refractivity contribution in [2.75, 3.05) is 66.3 Å². The number of sulfonamides is 2. The second-order valence-electron chi connectivity index (χ2n) is 10.2. The largest absolute Gasteiger partial charge is 0.493 e. The van der Waals surface area contributed by atoms with Gasteiger partial charge in [-0.05, 0) is 47.5 Å². The van der Waals surface area contributed by atoms with E-state index in [-0.39, 0.29) is 50.6 Å². The number of anilines is 2. The van der Waals surface area contributed by atoms with Gasteiger partial charge < -0.3 is 37.9 Å². The summed E-state index contributed by atoms with van der Waals surface area (Å²) in [6.07, 6.45) is -0.0196. The molecule has 0 saturated heterocycles. The molecule has 16 heteroatoms. The number of rotatable bonds is 16. The van der Waals surface area contributed by atoms with Gasteiger partial charge in [0.1, 0.15) is 0 Å². The summed E-state index contributed by atoms with van der Waals surface area (Å²) in [7, 11) is 2.98. The minimum Gasteiger partial charge on any atom is -0.493 e. The molecule has 14 nitrogen and oxygen atoms in total. The quantitative estimate of drug-likeness (QED) is 0.160. The van der Waals surface area contributed by atoms with Crippen molar-refractivity contribution < 1.29 is 54.7 Å². The summed E-state index contributed by atoms with van der Waals surface area (Å²) in [6.45, 7) is 0. The Kier molecular flexibility index (Phi) is 11.5. The molecule has 49 heavy (non-hydrogen) atoms. The summed E-state index contributed by atoms with van der Waals surface area (Å²) in [6, 6.07) is 14.5. The highest BCUT2D eigenvalue weighted by Crippen LogP contribution is 2.40. The van der Waals surface area contributed by atoms with Crippen LogP contribution >= 0.6 is 0 Å². The normalized spacial score (nSPS) is 11.3. The van der Waals surface area contributed by atoms with E-state index in [1.807, 2.05) is 0 Å². The van der Waals surface area contributed by atoms with Crippen LogP contribution in [0.2, 0.25) is 0 Å². The SMILES string of the molecule is COc1ccc(S(=O)(=O)Nc2cc(OC)c(OC)cc2Cc2cc(OC)c(OC)cc2NS(=O)(=O)c2ccc(OC)c(OC)c2)cc1OC. The number of hydrogen-bond donors (Lipinski definition) is 2. The summed E-state index contributed by atoms with van der Waals surface area (Å²) in [5.74, 6) is 2.24. The first-order valence-corrected chi connectivity index (χ1v) is 17.3. The molecule has 0 bridgehead atoms. The Labute approximate surface area is 285 Å². The highest BCUT2D eigenvalue weighted by atomic mass is 32.2. The van der Waals surface area contributed by atoms with Crippen molar-refractivity contribution in [3.63, 3.8) is 0 Å². The van der Waals surface area contributed by atoms with Gasteiger partial charge in [0.05, 0.1) is 78.0 Å². The van der Waals surface area contributed by atoms with Gasteiger partial charge in [-0.1, -0.05) is 0 Å². The van der Waals surface area contributed by atoms with Gasteiger partial charge in [-0.3, -0.25) is 9.44 Å². The third-order valence-corrected chi connectivity index (χ3v) is 10.1. The van der Waals surface area contributed by atoms with Crippen LogP contribution in [0, 0.1) is 0 Å².